The summed E-state index contributed by atoms with van der Waals surface area (Å²) in [5, 5.41) is 0. The van der Waals surface area contributed by atoms with Gasteiger partial charge in [0.15, 0.2) is 5.89 Å². The molecule has 0 bridgehead atoms. The molecule has 154 valence electrons. The van der Waals surface area contributed by atoms with E-state index in [-0.39, 0.29) is 24.3 Å². The van der Waals surface area contributed by atoms with Crippen LogP contribution in [0.25, 0.3) is 0 Å². The molecule has 3 heterocycles. The molecule has 1 aromatic carbocycles. The Morgan fingerprint density at radius 3 is 2.83 bits per heavy atom. The van der Waals surface area contributed by atoms with Gasteiger partial charge in [0.2, 0.25) is 11.8 Å². The molecule has 4 rings (SSSR count). The van der Waals surface area contributed by atoms with Crippen molar-refractivity contribution in [2.75, 3.05) is 26.2 Å². The SMILES string of the molecule is O=C1CCCCCN1CC(=O)N1CCC[C@H](c2ncc(Cc3ccccc3)o2)C1. The fraction of sp³-hybridized carbons (Fsp3) is 0.522. The lowest BCUT2D eigenvalue weighted by Gasteiger charge is -2.33. The van der Waals surface area contributed by atoms with Gasteiger partial charge in [-0.1, -0.05) is 36.8 Å². The Bertz CT molecular complexity index is 833. The van der Waals surface area contributed by atoms with E-state index in [2.05, 4.69) is 17.1 Å². The highest BCUT2D eigenvalue weighted by Gasteiger charge is 2.29. The van der Waals surface area contributed by atoms with E-state index in [0.29, 0.717) is 19.5 Å². The van der Waals surface area contributed by atoms with Gasteiger partial charge in [-0.05, 0) is 31.2 Å². The molecular formula is C23H29N3O3. The first-order valence-corrected chi connectivity index (χ1v) is 10.7. The van der Waals surface area contributed by atoms with Crippen molar-refractivity contribution in [3.63, 3.8) is 0 Å². The van der Waals surface area contributed by atoms with Gasteiger partial charge in [0, 0.05) is 32.5 Å². The highest BCUT2D eigenvalue weighted by Crippen LogP contribution is 2.27. The number of nitrogens with zero attached hydrogens (tertiary/aromatic N) is 3. The van der Waals surface area contributed by atoms with Crippen molar-refractivity contribution in [1.29, 1.82) is 0 Å². The van der Waals surface area contributed by atoms with Gasteiger partial charge in [-0.15, -0.1) is 0 Å². The average Bonchev–Trinajstić information content (AvgIpc) is 3.12. The number of hydrogen-bond acceptors (Lipinski definition) is 4. The smallest absolute Gasteiger partial charge is 0.242 e. The van der Waals surface area contributed by atoms with Crippen LogP contribution in [0.3, 0.4) is 0 Å². The first kappa shape index (κ1) is 19.7. The maximum Gasteiger partial charge on any atom is 0.242 e. The molecule has 2 aromatic rings. The van der Waals surface area contributed by atoms with Gasteiger partial charge in [-0.2, -0.15) is 0 Å². The van der Waals surface area contributed by atoms with Crippen LogP contribution in [0.5, 0.6) is 0 Å². The standard InChI is InChI=1S/C23H29N3O3/c27-21-11-5-2-6-12-26(21)17-22(28)25-13-7-10-19(16-25)23-24-15-20(29-23)14-18-8-3-1-4-9-18/h1,3-4,8-9,15,19H,2,5-7,10-14,16-17H2/t19-/m0/s1. The molecule has 29 heavy (non-hydrogen) atoms. The van der Waals surface area contributed by atoms with Crippen molar-refractivity contribution >= 4 is 11.8 Å². The Labute approximate surface area is 171 Å². The zero-order valence-electron chi connectivity index (χ0n) is 16.9. The zero-order chi connectivity index (χ0) is 20.1. The maximum absolute atomic E-state index is 12.8. The molecule has 0 spiro atoms. The predicted molar refractivity (Wildman–Crippen MR) is 109 cm³/mol. The second-order valence-electron chi connectivity index (χ2n) is 8.13. The molecule has 0 N–H and O–H groups in total. The molecule has 0 saturated carbocycles. The molecule has 1 aromatic heterocycles. The van der Waals surface area contributed by atoms with Crippen LogP contribution in [0.2, 0.25) is 0 Å². The van der Waals surface area contributed by atoms with Gasteiger partial charge < -0.3 is 14.2 Å². The van der Waals surface area contributed by atoms with Crippen LogP contribution in [-0.2, 0) is 16.0 Å². The van der Waals surface area contributed by atoms with Crippen LogP contribution in [0.15, 0.2) is 40.9 Å². The minimum absolute atomic E-state index is 0.0426. The zero-order valence-corrected chi connectivity index (χ0v) is 16.9. The van der Waals surface area contributed by atoms with E-state index < -0.39 is 0 Å². The number of benzene rings is 1. The summed E-state index contributed by atoms with van der Waals surface area (Å²) >= 11 is 0. The third kappa shape index (κ3) is 5.05. The molecule has 6 heteroatoms. The number of piperidine rings is 1. The van der Waals surface area contributed by atoms with Crippen molar-refractivity contribution < 1.29 is 14.0 Å². The first-order valence-electron chi connectivity index (χ1n) is 10.7. The molecule has 2 aliphatic rings. The summed E-state index contributed by atoms with van der Waals surface area (Å²) < 4.78 is 6.03. The van der Waals surface area contributed by atoms with Crippen LogP contribution < -0.4 is 0 Å². The fourth-order valence-corrected chi connectivity index (χ4v) is 4.26. The van der Waals surface area contributed by atoms with E-state index in [1.54, 1.807) is 11.1 Å². The monoisotopic (exact) mass is 395 g/mol. The third-order valence-corrected chi connectivity index (χ3v) is 5.91. The maximum atomic E-state index is 12.8. The molecule has 0 radical (unpaired) electrons. The van der Waals surface area contributed by atoms with Crippen LogP contribution in [0.4, 0.5) is 0 Å². The largest absolute Gasteiger partial charge is 0.445 e. The number of likely N-dealkylation sites (tertiary alicyclic amines) is 2. The van der Waals surface area contributed by atoms with Crippen molar-refractivity contribution in [3.8, 4) is 0 Å². The Morgan fingerprint density at radius 1 is 1.10 bits per heavy atom. The van der Waals surface area contributed by atoms with E-state index >= 15 is 0 Å². The predicted octanol–water partition coefficient (Wildman–Crippen LogP) is 3.37. The normalized spacial score (nSPS) is 20.6. The molecule has 2 fully saturated rings. The summed E-state index contributed by atoms with van der Waals surface area (Å²) in [7, 11) is 0. The summed E-state index contributed by atoms with van der Waals surface area (Å²) in [4.78, 5) is 33.2. The lowest BCUT2D eigenvalue weighted by Crippen LogP contribution is -2.46. The van der Waals surface area contributed by atoms with Crippen molar-refractivity contribution in [3.05, 3.63) is 53.7 Å². The molecule has 6 nitrogen and oxygen atoms in total. The summed E-state index contributed by atoms with van der Waals surface area (Å²) in [6.07, 6.45) is 7.98. The van der Waals surface area contributed by atoms with E-state index in [4.69, 9.17) is 4.42 Å². The fourth-order valence-electron chi connectivity index (χ4n) is 4.26. The van der Waals surface area contributed by atoms with Crippen LogP contribution in [0.1, 0.15) is 61.7 Å². The Kier molecular flexibility index (Phi) is 6.27. The number of carbonyl (C=O) groups excluding carboxylic acids is 2. The van der Waals surface area contributed by atoms with Crippen LogP contribution in [0, 0.1) is 0 Å². The number of carbonyl (C=O) groups is 2. The number of aromatic nitrogens is 1. The number of oxazole rings is 1. The lowest BCUT2D eigenvalue weighted by molar-refractivity contribution is -0.141. The highest BCUT2D eigenvalue weighted by atomic mass is 16.4. The Balaban J connectivity index is 1.35. The Morgan fingerprint density at radius 2 is 1.97 bits per heavy atom. The van der Waals surface area contributed by atoms with E-state index in [0.717, 1.165) is 56.7 Å². The van der Waals surface area contributed by atoms with E-state index in [1.165, 1.54) is 5.56 Å². The van der Waals surface area contributed by atoms with Crippen molar-refractivity contribution in [1.82, 2.24) is 14.8 Å². The van der Waals surface area contributed by atoms with Gasteiger partial charge >= 0.3 is 0 Å². The summed E-state index contributed by atoms with van der Waals surface area (Å²) in [5.74, 6) is 1.85. The number of amides is 2. The molecule has 0 aliphatic carbocycles. The van der Waals surface area contributed by atoms with Gasteiger partial charge in [0.25, 0.3) is 0 Å². The summed E-state index contributed by atoms with van der Waals surface area (Å²) in [6, 6.07) is 10.2. The first-order chi connectivity index (χ1) is 14.2. The number of hydrogen-bond donors (Lipinski definition) is 0. The van der Waals surface area contributed by atoms with Crippen LogP contribution in [-0.4, -0.2) is 52.8 Å². The lowest BCUT2D eigenvalue weighted by atomic mass is 9.98. The second kappa shape index (κ2) is 9.25. The third-order valence-electron chi connectivity index (χ3n) is 5.91. The van der Waals surface area contributed by atoms with Crippen molar-refractivity contribution in [2.45, 2.75) is 50.9 Å². The van der Waals surface area contributed by atoms with Crippen LogP contribution >= 0.6 is 0 Å². The Hall–Kier alpha value is -2.63. The van der Waals surface area contributed by atoms with Gasteiger partial charge in [-0.25, -0.2) is 4.98 Å². The van der Waals surface area contributed by atoms with E-state index in [1.807, 2.05) is 23.1 Å². The quantitative estimate of drug-likeness (QED) is 0.778. The molecule has 1 atom stereocenters. The molecular weight excluding hydrogens is 366 g/mol. The molecule has 2 saturated heterocycles. The van der Waals surface area contributed by atoms with E-state index in [9.17, 15) is 9.59 Å². The van der Waals surface area contributed by atoms with Gasteiger partial charge in [-0.3, -0.25) is 9.59 Å². The average molecular weight is 396 g/mol. The van der Waals surface area contributed by atoms with Gasteiger partial charge in [0.05, 0.1) is 18.7 Å². The van der Waals surface area contributed by atoms with Crippen molar-refractivity contribution in [2.24, 2.45) is 0 Å². The summed E-state index contributed by atoms with van der Waals surface area (Å²) in [5.41, 5.74) is 1.19. The molecule has 2 amide bonds. The highest BCUT2D eigenvalue weighted by molar-refractivity contribution is 5.85. The van der Waals surface area contributed by atoms with Gasteiger partial charge in [0.1, 0.15) is 5.76 Å². The minimum atomic E-state index is 0.0426. The summed E-state index contributed by atoms with van der Waals surface area (Å²) in [6.45, 7) is 2.27. The molecule has 2 aliphatic heterocycles. The minimum Gasteiger partial charge on any atom is -0.445 e. The molecule has 0 unspecified atom stereocenters. The number of rotatable bonds is 5. The second-order valence-corrected chi connectivity index (χ2v) is 8.13. The topological polar surface area (TPSA) is 66.7 Å².